The molecule has 0 bridgehead atoms. The number of aliphatic hydroxyl groups excluding tert-OH is 5. The zero-order valence-electron chi connectivity index (χ0n) is 15.8. The van der Waals surface area contributed by atoms with Crippen molar-refractivity contribution < 1.29 is 44.6 Å². The molecule has 30 heavy (non-hydrogen) atoms. The smallest absolute Gasteiger partial charge is 0.351 e. The van der Waals surface area contributed by atoms with Gasteiger partial charge in [-0.3, -0.25) is 14.2 Å². The van der Waals surface area contributed by atoms with Crippen molar-refractivity contribution in [2.45, 2.75) is 48.5 Å². The monoisotopic (exact) mass is 497 g/mol. The summed E-state index contributed by atoms with van der Waals surface area (Å²) >= 11 is 2.94. The Balaban J connectivity index is 0.000000314. The van der Waals surface area contributed by atoms with Gasteiger partial charge in [0.2, 0.25) is 0 Å². The molecular formula is C16H24BrN3O10. The van der Waals surface area contributed by atoms with Gasteiger partial charge in [-0.25, -0.2) is 4.79 Å². The number of esters is 1. The molecule has 1 aromatic heterocycles. The van der Waals surface area contributed by atoms with Crippen LogP contribution in [0.5, 0.6) is 0 Å². The minimum Gasteiger partial charge on any atom is -0.454 e. The Bertz CT molecular complexity index is 763. The number of rotatable bonds is 7. The molecule has 1 aliphatic heterocycles. The van der Waals surface area contributed by atoms with Crippen molar-refractivity contribution >= 4 is 34.0 Å². The molecular weight excluding hydrogens is 474 g/mol. The van der Waals surface area contributed by atoms with Gasteiger partial charge in [-0.15, -0.1) is 0 Å². The number of aromatic nitrogens is 2. The van der Waals surface area contributed by atoms with Crippen LogP contribution in [0.25, 0.3) is 0 Å². The Morgan fingerprint density at radius 2 is 2.07 bits per heavy atom. The molecule has 1 saturated heterocycles. The van der Waals surface area contributed by atoms with Crippen LogP contribution in [0.1, 0.15) is 13.2 Å². The highest BCUT2D eigenvalue weighted by molar-refractivity contribution is 9.09. The summed E-state index contributed by atoms with van der Waals surface area (Å²) in [6.07, 6.45) is -5.11. The summed E-state index contributed by atoms with van der Waals surface area (Å²) in [7, 11) is 0. The third-order valence-corrected chi connectivity index (χ3v) is 5.08. The molecule has 170 valence electrons. The molecule has 0 radical (unpaired) electrons. The topological polar surface area (TPSA) is 215 Å². The molecule has 0 saturated carbocycles. The van der Waals surface area contributed by atoms with Crippen molar-refractivity contribution in [3.63, 3.8) is 0 Å². The van der Waals surface area contributed by atoms with E-state index in [0.717, 1.165) is 11.5 Å². The van der Waals surface area contributed by atoms with E-state index in [9.17, 15) is 24.6 Å². The zero-order valence-corrected chi connectivity index (χ0v) is 17.4. The molecule has 0 spiro atoms. The third kappa shape index (κ3) is 6.80. The standard InChI is InChI=1S/C9H13N3O5.C7H11BrO5/c10-5-1-2-12(9(16)11-5)8-7(15)6(14)4(3-13)17-8;1-4(11)13-6(3-10)7(8)5(12)2-9/h1-2,4,6-8,13-15H,3H2,(H2,10,11,16);3,5-7,9,12H,2H2,1H3/t4-,6-,7-,8-;/m1./s1. The number of nitrogens with zero attached hydrogens (tertiary/aromatic N) is 2. The van der Waals surface area contributed by atoms with Gasteiger partial charge in [-0.2, -0.15) is 4.98 Å². The molecule has 0 amide bonds. The quantitative estimate of drug-likeness (QED) is 0.124. The summed E-state index contributed by atoms with van der Waals surface area (Å²) in [6, 6.07) is 1.37. The number of carbonyl (C=O) groups is 2. The van der Waals surface area contributed by atoms with E-state index in [0.29, 0.717) is 6.29 Å². The van der Waals surface area contributed by atoms with Gasteiger partial charge in [0.1, 0.15) is 24.1 Å². The highest BCUT2D eigenvalue weighted by atomic mass is 79.9. The Morgan fingerprint density at radius 3 is 2.50 bits per heavy atom. The van der Waals surface area contributed by atoms with Gasteiger partial charge in [-0.05, 0) is 6.07 Å². The molecule has 2 heterocycles. The normalized spacial score (nSPS) is 26.1. The molecule has 1 aromatic rings. The lowest BCUT2D eigenvalue weighted by atomic mass is 10.1. The van der Waals surface area contributed by atoms with Gasteiger partial charge in [0.15, 0.2) is 18.6 Å². The summed E-state index contributed by atoms with van der Waals surface area (Å²) in [5.41, 5.74) is 4.63. The lowest BCUT2D eigenvalue weighted by molar-refractivity contribution is -0.150. The number of anilines is 1. The number of hydrogen-bond acceptors (Lipinski definition) is 12. The summed E-state index contributed by atoms with van der Waals surface area (Å²) in [5, 5.41) is 45.8. The predicted octanol–water partition coefficient (Wildman–Crippen LogP) is -3.33. The highest BCUT2D eigenvalue weighted by Crippen LogP contribution is 2.27. The molecule has 3 unspecified atom stereocenters. The predicted molar refractivity (Wildman–Crippen MR) is 103 cm³/mol. The number of nitrogen functional groups attached to an aromatic ring is 1. The third-order valence-electron chi connectivity index (χ3n) is 3.95. The summed E-state index contributed by atoms with van der Waals surface area (Å²) < 4.78 is 10.7. The molecule has 1 aliphatic rings. The Kier molecular flexibility index (Phi) is 10.5. The number of carbonyl (C=O) groups excluding carboxylic acids is 2. The van der Waals surface area contributed by atoms with E-state index in [2.05, 4.69) is 25.7 Å². The first-order valence-corrected chi connectivity index (χ1v) is 9.51. The number of halogens is 1. The number of ether oxygens (including phenoxy) is 2. The van der Waals surface area contributed by atoms with Crippen LogP contribution in [0.15, 0.2) is 17.1 Å². The Hall–Kier alpha value is -1.94. The molecule has 0 aromatic carbocycles. The molecule has 7 atom stereocenters. The Labute approximate surface area is 178 Å². The minimum absolute atomic E-state index is 0.0537. The maximum absolute atomic E-state index is 11.5. The van der Waals surface area contributed by atoms with Crippen molar-refractivity contribution in [3.8, 4) is 0 Å². The number of hydrogen-bond donors (Lipinski definition) is 6. The zero-order chi connectivity index (χ0) is 23.0. The van der Waals surface area contributed by atoms with Crippen LogP contribution in [-0.2, 0) is 19.1 Å². The van der Waals surface area contributed by atoms with Gasteiger partial charge < -0.3 is 40.7 Å². The van der Waals surface area contributed by atoms with E-state index < -0.39 is 66.4 Å². The maximum atomic E-state index is 11.5. The van der Waals surface area contributed by atoms with Gasteiger partial charge >= 0.3 is 11.7 Å². The maximum Gasteiger partial charge on any atom is 0.351 e. The summed E-state index contributed by atoms with van der Waals surface area (Å²) in [5.74, 6) is -0.565. The lowest BCUT2D eigenvalue weighted by Gasteiger charge is -2.20. The van der Waals surface area contributed by atoms with Crippen LogP contribution in [-0.4, -0.2) is 95.9 Å². The van der Waals surface area contributed by atoms with E-state index in [1.807, 2.05) is 0 Å². The van der Waals surface area contributed by atoms with Gasteiger partial charge in [0, 0.05) is 13.1 Å². The first-order valence-electron chi connectivity index (χ1n) is 8.59. The van der Waals surface area contributed by atoms with Crippen LogP contribution in [0.3, 0.4) is 0 Å². The fourth-order valence-corrected chi connectivity index (χ4v) is 2.81. The largest absolute Gasteiger partial charge is 0.454 e. The van der Waals surface area contributed by atoms with Crippen molar-refractivity contribution in [2.24, 2.45) is 0 Å². The number of alkyl halides is 1. The van der Waals surface area contributed by atoms with Gasteiger partial charge in [0.05, 0.1) is 24.1 Å². The number of aliphatic hydroxyl groups is 5. The number of aldehydes is 1. The van der Waals surface area contributed by atoms with E-state index >= 15 is 0 Å². The second-order valence-electron chi connectivity index (χ2n) is 6.18. The summed E-state index contributed by atoms with van der Waals surface area (Å²) in [4.78, 5) is 35.1. The molecule has 14 heteroatoms. The van der Waals surface area contributed by atoms with E-state index in [4.69, 9.17) is 25.8 Å². The average Bonchev–Trinajstić information content (AvgIpc) is 2.99. The van der Waals surface area contributed by atoms with E-state index in [1.165, 1.54) is 12.3 Å². The lowest BCUT2D eigenvalue weighted by Crippen LogP contribution is -2.38. The first-order chi connectivity index (χ1) is 14.1. The molecule has 0 aliphatic carbocycles. The molecule has 13 nitrogen and oxygen atoms in total. The fraction of sp³-hybridized carbons (Fsp3) is 0.625. The second-order valence-corrected chi connectivity index (χ2v) is 7.23. The molecule has 1 fully saturated rings. The van der Waals surface area contributed by atoms with Crippen molar-refractivity contribution in [1.82, 2.24) is 9.55 Å². The Morgan fingerprint density at radius 1 is 1.43 bits per heavy atom. The fourth-order valence-electron chi connectivity index (χ4n) is 2.41. The van der Waals surface area contributed by atoms with Gasteiger partial charge in [-0.1, -0.05) is 15.9 Å². The SMILES string of the molecule is CC(=O)OC(C=O)C(Br)C(O)CO.Nc1ccn([C@@H]2O[C@H](CO)[C@@H](O)[C@H]2O)c(=O)n1. The van der Waals surface area contributed by atoms with E-state index in [-0.39, 0.29) is 5.82 Å². The number of nitrogens with two attached hydrogens (primary N) is 1. The highest BCUT2D eigenvalue weighted by Gasteiger charge is 2.43. The first kappa shape index (κ1) is 26.1. The van der Waals surface area contributed by atoms with Crippen LogP contribution in [0.2, 0.25) is 0 Å². The van der Waals surface area contributed by atoms with Crippen LogP contribution in [0.4, 0.5) is 5.82 Å². The molecule has 7 N–H and O–H groups in total. The van der Waals surface area contributed by atoms with Crippen molar-refractivity contribution in [3.05, 3.63) is 22.7 Å². The molecule has 2 rings (SSSR count). The minimum atomic E-state index is -1.31. The van der Waals surface area contributed by atoms with Gasteiger partial charge in [0.25, 0.3) is 0 Å². The van der Waals surface area contributed by atoms with Crippen molar-refractivity contribution in [1.29, 1.82) is 0 Å². The van der Waals surface area contributed by atoms with Crippen LogP contribution in [0, 0.1) is 0 Å². The van der Waals surface area contributed by atoms with E-state index in [1.54, 1.807) is 0 Å². The average molecular weight is 498 g/mol. The van der Waals surface area contributed by atoms with Crippen LogP contribution < -0.4 is 11.4 Å². The van der Waals surface area contributed by atoms with Crippen LogP contribution >= 0.6 is 15.9 Å². The van der Waals surface area contributed by atoms with Crippen molar-refractivity contribution in [2.75, 3.05) is 18.9 Å². The second kappa shape index (κ2) is 12.0. The summed E-state index contributed by atoms with van der Waals surface area (Å²) in [6.45, 7) is 0.189.